The largest absolute Gasteiger partial charge is 0.355 e. The van der Waals surface area contributed by atoms with Crippen molar-refractivity contribution < 1.29 is 17.8 Å². The van der Waals surface area contributed by atoms with Gasteiger partial charge in [-0.2, -0.15) is 0 Å². The first-order chi connectivity index (χ1) is 12.5. The Morgan fingerprint density at radius 1 is 1.15 bits per heavy atom. The van der Waals surface area contributed by atoms with Crippen LogP contribution in [0.5, 0.6) is 0 Å². The molecule has 0 aliphatic rings. The molecule has 0 atom stereocenters. The van der Waals surface area contributed by atoms with Crippen LogP contribution in [-0.2, 0) is 14.6 Å². The van der Waals surface area contributed by atoms with Gasteiger partial charge in [-0.05, 0) is 48.4 Å². The molecule has 0 aliphatic heterocycles. The average molecular weight is 382 g/mol. The molecule has 1 aromatic carbocycles. The van der Waals surface area contributed by atoms with Crippen molar-refractivity contribution in [2.24, 2.45) is 0 Å². The van der Waals surface area contributed by atoms with Gasteiger partial charge < -0.3 is 10.2 Å². The lowest BCUT2D eigenvalue weighted by Gasteiger charge is -2.20. The summed E-state index contributed by atoms with van der Waals surface area (Å²) >= 11 is 0. The van der Waals surface area contributed by atoms with Gasteiger partial charge in [0.1, 0.15) is 5.52 Å². The van der Waals surface area contributed by atoms with Crippen molar-refractivity contribution >= 4 is 26.8 Å². The van der Waals surface area contributed by atoms with Crippen LogP contribution in [0.3, 0.4) is 0 Å². The SMILES string of the molecule is CCCN(CCC)CCNC(=O)CCS(=O)(=O)c1cccc2nonc12. The van der Waals surface area contributed by atoms with Crippen LogP contribution in [0.25, 0.3) is 11.0 Å². The molecule has 0 fully saturated rings. The number of amides is 1. The number of rotatable bonds is 11. The average Bonchev–Trinajstić information content (AvgIpc) is 3.09. The molecule has 26 heavy (non-hydrogen) atoms. The zero-order valence-electron chi connectivity index (χ0n) is 15.3. The molecule has 0 bridgehead atoms. The highest BCUT2D eigenvalue weighted by Gasteiger charge is 2.21. The number of sulfone groups is 1. The van der Waals surface area contributed by atoms with Gasteiger partial charge in [-0.3, -0.25) is 4.79 Å². The lowest BCUT2D eigenvalue weighted by Crippen LogP contribution is -2.36. The molecule has 0 unspecified atom stereocenters. The monoisotopic (exact) mass is 382 g/mol. The molecule has 8 nitrogen and oxygen atoms in total. The molecule has 1 N–H and O–H groups in total. The van der Waals surface area contributed by atoms with E-state index in [1.807, 2.05) is 0 Å². The minimum absolute atomic E-state index is 0.0427. The number of nitrogens with one attached hydrogen (secondary N) is 1. The fourth-order valence-corrected chi connectivity index (χ4v) is 4.18. The minimum atomic E-state index is -3.64. The van der Waals surface area contributed by atoms with Gasteiger partial charge in [0.25, 0.3) is 0 Å². The van der Waals surface area contributed by atoms with E-state index in [2.05, 4.69) is 39.0 Å². The molecule has 0 saturated carbocycles. The highest BCUT2D eigenvalue weighted by atomic mass is 32.2. The summed E-state index contributed by atoms with van der Waals surface area (Å²) in [5.74, 6) is -0.551. The van der Waals surface area contributed by atoms with E-state index < -0.39 is 9.84 Å². The smallest absolute Gasteiger partial charge is 0.221 e. The van der Waals surface area contributed by atoms with Crippen LogP contribution in [0.15, 0.2) is 27.7 Å². The first kappa shape index (κ1) is 20.3. The van der Waals surface area contributed by atoms with Gasteiger partial charge in [-0.15, -0.1) is 0 Å². The Hall–Kier alpha value is -2.00. The van der Waals surface area contributed by atoms with Crippen molar-refractivity contribution in [3.8, 4) is 0 Å². The summed E-state index contributed by atoms with van der Waals surface area (Å²) in [5.41, 5.74) is 0.574. The topological polar surface area (TPSA) is 105 Å². The van der Waals surface area contributed by atoms with Crippen LogP contribution in [0.4, 0.5) is 0 Å². The Bertz CT molecular complexity index is 813. The van der Waals surface area contributed by atoms with E-state index in [-0.39, 0.29) is 28.5 Å². The molecule has 0 aliphatic carbocycles. The van der Waals surface area contributed by atoms with Gasteiger partial charge in [0.05, 0.1) is 10.6 Å². The molecule has 2 rings (SSSR count). The fourth-order valence-electron chi connectivity index (χ4n) is 2.78. The predicted octanol–water partition coefficient (Wildman–Crippen LogP) is 1.62. The van der Waals surface area contributed by atoms with Crippen LogP contribution in [0.2, 0.25) is 0 Å². The van der Waals surface area contributed by atoms with Gasteiger partial charge in [0.2, 0.25) is 5.91 Å². The second-order valence-electron chi connectivity index (χ2n) is 6.15. The summed E-state index contributed by atoms with van der Waals surface area (Å²) in [6.07, 6.45) is 2.04. The molecule has 1 amide bonds. The molecular formula is C17H26N4O4S. The summed E-state index contributed by atoms with van der Waals surface area (Å²) in [6.45, 7) is 7.52. The van der Waals surface area contributed by atoms with Crippen molar-refractivity contribution in [1.82, 2.24) is 20.5 Å². The number of nitrogens with zero attached hydrogens (tertiary/aromatic N) is 3. The highest BCUT2D eigenvalue weighted by Crippen LogP contribution is 2.21. The number of carbonyl (C=O) groups excluding carboxylic acids is 1. The molecule has 1 heterocycles. The summed E-state index contributed by atoms with van der Waals surface area (Å²) in [5, 5.41) is 10.1. The molecule has 2 aromatic rings. The molecule has 9 heteroatoms. The van der Waals surface area contributed by atoms with E-state index in [0.717, 1.165) is 32.5 Å². The van der Waals surface area contributed by atoms with E-state index in [4.69, 9.17) is 0 Å². The van der Waals surface area contributed by atoms with Crippen molar-refractivity contribution in [1.29, 1.82) is 0 Å². The zero-order chi connectivity index (χ0) is 19.0. The van der Waals surface area contributed by atoms with E-state index >= 15 is 0 Å². The predicted molar refractivity (Wildman–Crippen MR) is 98.5 cm³/mol. The van der Waals surface area contributed by atoms with Crippen LogP contribution in [0.1, 0.15) is 33.1 Å². The standard InChI is InChI=1S/C17H26N4O4S/c1-3-10-21(11-4-2)12-9-18-16(22)8-13-26(23,24)15-7-5-6-14-17(15)20-25-19-14/h5-7H,3-4,8-13H2,1-2H3,(H,18,22). The van der Waals surface area contributed by atoms with E-state index in [1.165, 1.54) is 6.07 Å². The van der Waals surface area contributed by atoms with E-state index in [1.54, 1.807) is 12.1 Å². The van der Waals surface area contributed by atoms with Gasteiger partial charge in [-0.25, -0.2) is 13.0 Å². The first-order valence-corrected chi connectivity index (χ1v) is 10.6. The lowest BCUT2D eigenvalue weighted by atomic mass is 10.3. The quantitative estimate of drug-likeness (QED) is 0.629. The molecule has 1 aromatic heterocycles. The molecule has 0 spiro atoms. The van der Waals surface area contributed by atoms with E-state index in [0.29, 0.717) is 12.1 Å². The number of carbonyl (C=O) groups is 1. The van der Waals surface area contributed by atoms with Crippen molar-refractivity contribution in [2.75, 3.05) is 31.9 Å². The highest BCUT2D eigenvalue weighted by molar-refractivity contribution is 7.91. The van der Waals surface area contributed by atoms with Crippen LogP contribution in [0, 0.1) is 0 Å². The number of aromatic nitrogens is 2. The third-order valence-corrected chi connectivity index (χ3v) is 5.75. The summed E-state index contributed by atoms with van der Waals surface area (Å²) < 4.78 is 29.6. The third kappa shape index (κ3) is 5.50. The normalized spacial score (nSPS) is 12.0. The molecular weight excluding hydrogens is 356 g/mol. The number of hydrogen-bond donors (Lipinski definition) is 1. The molecule has 0 saturated heterocycles. The minimum Gasteiger partial charge on any atom is -0.355 e. The Labute approximate surface area is 153 Å². The van der Waals surface area contributed by atoms with Gasteiger partial charge in [0.15, 0.2) is 15.4 Å². The number of benzene rings is 1. The number of fused-ring (bicyclic) bond motifs is 1. The maximum absolute atomic E-state index is 12.5. The second-order valence-corrected chi connectivity index (χ2v) is 8.23. The Morgan fingerprint density at radius 3 is 2.58 bits per heavy atom. The Balaban J connectivity index is 1.85. The third-order valence-electron chi connectivity index (χ3n) is 4.01. The second kappa shape index (κ2) is 9.63. The Kier molecular flexibility index (Phi) is 7.52. The molecule has 144 valence electrons. The summed E-state index contributed by atoms with van der Waals surface area (Å²) in [7, 11) is -3.64. The van der Waals surface area contributed by atoms with Crippen molar-refractivity contribution in [3.63, 3.8) is 0 Å². The van der Waals surface area contributed by atoms with Gasteiger partial charge in [-0.1, -0.05) is 19.9 Å². The van der Waals surface area contributed by atoms with Crippen molar-refractivity contribution in [3.05, 3.63) is 18.2 Å². The Morgan fingerprint density at radius 2 is 1.88 bits per heavy atom. The van der Waals surface area contributed by atoms with Gasteiger partial charge >= 0.3 is 0 Å². The maximum Gasteiger partial charge on any atom is 0.221 e. The fraction of sp³-hybridized carbons (Fsp3) is 0.588. The first-order valence-electron chi connectivity index (χ1n) is 8.91. The van der Waals surface area contributed by atoms with Crippen LogP contribution >= 0.6 is 0 Å². The zero-order valence-corrected chi connectivity index (χ0v) is 16.1. The summed E-state index contributed by atoms with van der Waals surface area (Å²) in [4.78, 5) is 14.3. The maximum atomic E-state index is 12.5. The van der Waals surface area contributed by atoms with Crippen LogP contribution < -0.4 is 5.32 Å². The van der Waals surface area contributed by atoms with Gasteiger partial charge in [0, 0.05) is 19.5 Å². The van der Waals surface area contributed by atoms with Crippen LogP contribution in [-0.4, -0.2) is 61.5 Å². The lowest BCUT2D eigenvalue weighted by molar-refractivity contribution is -0.120. The number of hydrogen-bond acceptors (Lipinski definition) is 7. The van der Waals surface area contributed by atoms with Crippen molar-refractivity contribution in [2.45, 2.75) is 38.0 Å². The summed E-state index contributed by atoms with van der Waals surface area (Å²) in [6, 6.07) is 4.65. The van der Waals surface area contributed by atoms with E-state index in [9.17, 15) is 13.2 Å². The molecule has 0 radical (unpaired) electrons.